The van der Waals surface area contributed by atoms with Crippen LogP contribution in [0.3, 0.4) is 0 Å². The average Bonchev–Trinajstić information content (AvgIpc) is 2.40. The molecule has 0 heterocycles. The molecule has 2 N–H and O–H groups in total. The molecular weight excluding hydrogens is 314 g/mol. The minimum Gasteiger partial charge on any atom is -0.398 e. The number of hydrogen-bond donors (Lipinski definition) is 1. The van der Waals surface area contributed by atoms with Crippen LogP contribution in [-0.4, -0.2) is 5.78 Å². The second-order valence-corrected chi connectivity index (χ2v) is 7.91. The second kappa shape index (κ2) is 4.59. The minimum atomic E-state index is 0.276. The molecule has 4 saturated carbocycles. The summed E-state index contributed by atoms with van der Waals surface area (Å²) in [6.07, 6.45) is 6.60. The zero-order chi connectivity index (χ0) is 13.9. The Hall–Kier alpha value is -0.830. The molecule has 106 valence electrons. The summed E-state index contributed by atoms with van der Waals surface area (Å²) >= 11 is 3.44. The second-order valence-electron chi connectivity index (χ2n) is 7.06. The van der Waals surface area contributed by atoms with Crippen LogP contribution >= 0.6 is 15.9 Å². The number of rotatable bonds is 2. The lowest BCUT2D eigenvalue weighted by atomic mass is 9.51. The molecule has 0 aliphatic heterocycles. The molecule has 0 radical (unpaired) electrons. The van der Waals surface area contributed by atoms with Crippen molar-refractivity contribution >= 4 is 27.4 Å². The Labute approximate surface area is 128 Å². The third-order valence-electron chi connectivity index (χ3n) is 5.81. The quantitative estimate of drug-likeness (QED) is 0.648. The first kappa shape index (κ1) is 12.9. The Balaban J connectivity index is 1.63. The van der Waals surface area contributed by atoms with Gasteiger partial charge < -0.3 is 5.73 Å². The van der Waals surface area contributed by atoms with Crippen LogP contribution in [0.25, 0.3) is 0 Å². The summed E-state index contributed by atoms with van der Waals surface area (Å²) in [5, 5.41) is 0. The van der Waals surface area contributed by atoms with E-state index in [-0.39, 0.29) is 5.92 Å². The van der Waals surface area contributed by atoms with Crippen LogP contribution in [0.5, 0.6) is 0 Å². The standard InChI is InChI=1S/C17H20BrNO/c18-14-8-11(1-2-15(14)19)17(20)16-12-4-9-3-10(6-12)7-13(16)5-9/h1-2,8-10,12-13,16H,3-7,19H2. The summed E-state index contributed by atoms with van der Waals surface area (Å²) in [7, 11) is 0. The maximum atomic E-state index is 12.9. The van der Waals surface area contributed by atoms with Crippen LogP contribution < -0.4 is 5.73 Å². The third-order valence-corrected chi connectivity index (χ3v) is 6.50. The Morgan fingerprint density at radius 2 is 1.65 bits per heavy atom. The van der Waals surface area contributed by atoms with Gasteiger partial charge in [-0.3, -0.25) is 4.79 Å². The molecule has 0 aromatic heterocycles. The predicted octanol–water partition coefficient (Wildman–Crippen LogP) is 4.29. The SMILES string of the molecule is Nc1ccc(C(=O)C2C3CC4CC(C3)CC2C4)cc1Br. The van der Waals surface area contributed by atoms with Gasteiger partial charge in [0.15, 0.2) is 5.78 Å². The zero-order valence-corrected chi connectivity index (χ0v) is 13.1. The van der Waals surface area contributed by atoms with Gasteiger partial charge in [-0.2, -0.15) is 0 Å². The minimum absolute atomic E-state index is 0.276. The maximum absolute atomic E-state index is 12.9. The molecule has 20 heavy (non-hydrogen) atoms. The van der Waals surface area contributed by atoms with Crippen molar-refractivity contribution in [2.45, 2.75) is 32.1 Å². The molecule has 0 spiro atoms. The number of nitrogen functional groups attached to an aromatic ring is 1. The highest BCUT2D eigenvalue weighted by molar-refractivity contribution is 9.10. The molecule has 3 heteroatoms. The van der Waals surface area contributed by atoms with E-state index in [0.29, 0.717) is 23.3 Å². The van der Waals surface area contributed by atoms with Crippen molar-refractivity contribution in [2.24, 2.45) is 29.6 Å². The smallest absolute Gasteiger partial charge is 0.166 e. The Kier molecular flexibility index (Phi) is 2.95. The summed E-state index contributed by atoms with van der Waals surface area (Å²) < 4.78 is 0.840. The van der Waals surface area contributed by atoms with Crippen molar-refractivity contribution in [3.63, 3.8) is 0 Å². The largest absolute Gasteiger partial charge is 0.398 e. The van der Waals surface area contributed by atoms with Crippen molar-refractivity contribution in [1.82, 2.24) is 0 Å². The predicted molar refractivity (Wildman–Crippen MR) is 83.4 cm³/mol. The summed E-state index contributed by atoms with van der Waals surface area (Å²) in [5.41, 5.74) is 7.36. The molecule has 5 rings (SSSR count). The van der Waals surface area contributed by atoms with Gasteiger partial charge in [0, 0.05) is 21.6 Å². The number of carbonyl (C=O) groups excluding carboxylic acids is 1. The first-order valence-electron chi connectivity index (χ1n) is 7.71. The summed E-state index contributed by atoms with van der Waals surface area (Å²) in [6, 6.07) is 5.64. The third kappa shape index (κ3) is 1.93. The highest BCUT2D eigenvalue weighted by Crippen LogP contribution is 2.57. The maximum Gasteiger partial charge on any atom is 0.166 e. The molecular formula is C17H20BrNO. The number of nitrogens with two attached hydrogens (primary N) is 1. The first-order valence-corrected chi connectivity index (χ1v) is 8.50. The lowest BCUT2D eigenvalue weighted by Crippen LogP contribution is -2.48. The van der Waals surface area contributed by atoms with E-state index < -0.39 is 0 Å². The van der Waals surface area contributed by atoms with Crippen LogP contribution in [0, 0.1) is 29.6 Å². The summed E-state index contributed by atoms with van der Waals surface area (Å²) in [4.78, 5) is 12.9. The van der Waals surface area contributed by atoms with Gasteiger partial charge in [-0.15, -0.1) is 0 Å². The average molecular weight is 334 g/mol. The molecule has 4 bridgehead atoms. The Morgan fingerprint density at radius 1 is 1.05 bits per heavy atom. The van der Waals surface area contributed by atoms with Crippen molar-refractivity contribution in [2.75, 3.05) is 5.73 Å². The number of benzene rings is 1. The molecule has 0 atom stereocenters. The van der Waals surface area contributed by atoms with Crippen molar-refractivity contribution in [3.05, 3.63) is 28.2 Å². The number of ketones is 1. The number of hydrogen-bond acceptors (Lipinski definition) is 2. The number of Topliss-reactive ketones (excluding diaryl/α,β-unsaturated/α-hetero) is 1. The van der Waals surface area contributed by atoms with Gasteiger partial charge in [-0.1, -0.05) is 0 Å². The lowest BCUT2D eigenvalue weighted by Gasteiger charge is -2.53. The highest BCUT2D eigenvalue weighted by Gasteiger charge is 2.50. The van der Waals surface area contributed by atoms with Crippen LogP contribution in [0.4, 0.5) is 5.69 Å². The van der Waals surface area contributed by atoms with Crippen LogP contribution in [-0.2, 0) is 0 Å². The summed E-state index contributed by atoms with van der Waals surface area (Å²) in [6.45, 7) is 0. The van der Waals surface area contributed by atoms with Crippen molar-refractivity contribution in [3.8, 4) is 0 Å². The molecule has 4 aliphatic rings. The van der Waals surface area contributed by atoms with Gasteiger partial charge in [-0.25, -0.2) is 0 Å². The number of halogens is 1. The van der Waals surface area contributed by atoms with E-state index in [1.807, 2.05) is 18.2 Å². The molecule has 0 unspecified atom stereocenters. The fourth-order valence-electron chi connectivity index (χ4n) is 5.23. The van der Waals surface area contributed by atoms with Crippen LogP contribution in [0.2, 0.25) is 0 Å². The first-order chi connectivity index (χ1) is 9.61. The van der Waals surface area contributed by atoms with Gasteiger partial charge in [0.25, 0.3) is 0 Å². The number of carbonyl (C=O) groups is 1. The Morgan fingerprint density at radius 3 is 2.20 bits per heavy atom. The normalized spacial score (nSPS) is 38.1. The fraction of sp³-hybridized carbons (Fsp3) is 0.588. The molecule has 4 fully saturated rings. The van der Waals surface area contributed by atoms with E-state index in [0.717, 1.165) is 21.9 Å². The van der Waals surface area contributed by atoms with Gasteiger partial charge in [-0.05, 0) is 89.9 Å². The van der Waals surface area contributed by atoms with E-state index in [1.165, 1.54) is 32.1 Å². The Bertz CT molecular complexity index is 540. The van der Waals surface area contributed by atoms with Crippen LogP contribution in [0.15, 0.2) is 22.7 Å². The van der Waals surface area contributed by atoms with E-state index >= 15 is 0 Å². The fourth-order valence-corrected chi connectivity index (χ4v) is 5.60. The molecule has 1 aromatic rings. The van der Waals surface area contributed by atoms with Gasteiger partial charge in [0.2, 0.25) is 0 Å². The van der Waals surface area contributed by atoms with E-state index in [1.54, 1.807) is 0 Å². The highest BCUT2D eigenvalue weighted by atomic mass is 79.9. The monoisotopic (exact) mass is 333 g/mol. The van der Waals surface area contributed by atoms with Crippen molar-refractivity contribution < 1.29 is 4.79 Å². The molecule has 1 aromatic carbocycles. The molecule has 2 nitrogen and oxygen atoms in total. The van der Waals surface area contributed by atoms with Gasteiger partial charge >= 0.3 is 0 Å². The van der Waals surface area contributed by atoms with Gasteiger partial charge in [0.1, 0.15) is 0 Å². The van der Waals surface area contributed by atoms with E-state index in [2.05, 4.69) is 15.9 Å². The topological polar surface area (TPSA) is 43.1 Å². The van der Waals surface area contributed by atoms with Crippen LogP contribution in [0.1, 0.15) is 42.5 Å². The van der Waals surface area contributed by atoms with Gasteiger partial charge in [0.05, 0.1) is 0 Å². The molecule has 0 saturated heterocycles. The molecule has 4 aliphatic carbocycles. The van der Waals surface area contributed by atoms with Crippen molar-refractivity contribution in [1.29, 1.82) is 0 Å². The van der Waals surface area contributed by atoms with E-state index in [4.69, 9.17) is 5.73 Å². The zero-order valence-electron chi connectivity index (χ0n) is 11.5. The number of anilines is 1. The molecule has 0 amide bonds. The van der Waals surface area contributed by atoms with E-state index in [9.17, 15) is 4.79 Å². The lowest BCUT2D eigenvalue weighted by molar-refractivity contribution is -0.0251. The summed E-state index contributed by atoms with van der Waals surface area (Å²) in [5.74, 6) is 3.77.